The normalized spacial score (nSPS) is 20.5. The highest BCUT2D eigenvalue weighted by Gasteiger charge is 2.13. The van der Waals surface area contributed by atoms with Crippen molar-refractivity contribution in [2.75, 3.05) is 26.4 Å². The first-order valence-corrected chi connectivity index (χ1v) is 6.77. The zero-order valence-corrected chi connectivity index (χ0v) is 11.8. The summed E-state index contributed by atoms with van der Waals surface area (Å²) in [5.74, 6) is 0. The summed E-state index contributed by atoms with van der Waals surface area (Å²) in [5.41, 5.74) is 1.16. The van der Waals surface area contributed by atoms with Crippen molar-refractivity contribution in [3.8, 4) is 0 Å². The Morgan fingerprint density at radius 2 is 2.29 bits per heavy atom. The second-order valence-electron chi connectivity index (χ2n) is 3.95. The molecule has 1 aliphatic heterocycles. The maximum Gasteiger partial charge on any atom is 0.0933 e. The Labute approximate surface area is 115 Å². The van der Waals surface area contributed by atoms with Gasteiger partial charge in [0.1, 0.15) is 0 Å². The van der Waals surface area contributed by atoms with Crippen LogP contribution in [0.5, 0.6) is 0 Å². The van der Waals surface area contributed by atoms with Crippen molar-refractivity contribution in [1.82, 2.24) is 5.32 Å². The fourth-order valence-corrected chi connectivity index (χ4v) is 2.13. The van der Waals surface area contributed by atoms with Crippen molar-refractivity contribution >= 4 is 27.5 Å². The minimum absolute atomic E-state index is 0.162. The lowest BCUT2D eigenvalue weighted by atomic mass is 10.2. The second kappa shape index (κ2) is 6.71. The van der Waals surface area contributed by atoms with E-state index >= 15 is 0 Å². The smallest absolute Gasteiger partial charge is 0.0933 e. The van der Waals surface area contributed by atoms with Gasteiger partial charge in [0.2, 0.25) is 0 Å². The quantitative estimate of drug-likeness (QED) is 0.925. The first-order chi connectivity index (χ1) is 8.25. The molecule has 17 heavy (non-hydrogen) atoms. The number of halogens is 2. The highest BCUT2D eigenvalue weighted by Crippen LogP contribution is 2.23. The average Bonchev–Trinajstić information content (AvgIpc) is 2.35. The van der Waals surface area contributed by atoms with E-state index in [4.69, 9.17) is 21.1 Å². The van der Waals surface area contributed by atoms with Crippen LogP contribution in [0.2, 0.25) is 5.02 Å². The number of benzene rings is 1. The van der Waals surface area contributed by atoms with Crippen molar-refractivity contribution in [3.63, 3.8) is 0 Å². The molecule has 1 aliphatic rings. The van der Waals surface area contributed by atoms with Crippen molar-refractivity contribution in [1.29, 1.82) is 0 Å². The van der Waals surface area contributed by atoms with Crippen LogP contribution >= 0.6 is 27.5 Å². The van der Waals surface area contributed by atoms with Crippen LogP contribution in [0, 0.1) is 0 Å². The van der Waals surface area contributed by atoms with Crippen molar-refractivity contribution < 1.29 is 9.47 Å². The van der Waals surface area contributed by atoms with Gasteiger partial charge < -0.3 is 14.8 Å². The Morgan fingerprint density at radius 3 is 3.00 bits per heavy atom. The molecule has 94 valence electrons. The Balaban J connectivity index is 1.75. The van der Waals surface area contributed by atoms with Crippen molar-refractivity contribution in [2.45, 2.75) is 12.6 Å². The second-order valence-corrected chi connectivity index (χ2v) is 5.21. The summed E-state index contributed by atoms with van der Waals surface area (Å²) < 4.78 is 11.8. The fourth-order valence-electron chi connectivity index (χ4n) is 1.68. The molecule has 1 aromatic carbocycles. The van der Waals surface area contributed by atoms with Crippen LogP contribution in [-0.2, 0) is 16.0 Å². The van der Waals surface area contributed by atoms with E-state index in [0.717, 1.165) is 28.1 Å². The zero-order chi connectivity index (χ0) is 12.1. The molecule has 0 spiro atoms. The molecule has 3 nitrogen and oxygen atoms in total. The molecule has 1 N–H and O–H groups in total. The molecular weight excluding hydrogens is 305 g/mol. The molecule has 5 heteroatoms. The molecule has 1 atom stereocenters. The predicted octanol–water partition coefficient (Wildman–Crippen LogP) is 2.61. The number of nitrogens with one attached hydrogen (secondary N) is 1. The topological polar surface area (TPSA) is 30.5 Å². The SMILES string of the molecule is Clc1cc(CNCC2COCCO2)ccc1Br. The minimum atomic E-state index is 0.162. The highest BCUT2D eigenvalue weighted by molar-refractivity contribution is 9.10. The number of hydrogen-bond acceptors (Lipinski definition) is 3. The van der Waals surface area contributed by atoms with Gasteiger partial charge in [-0.1, -0.05) is 17.7 Å². The molecule has 0 bridgehead atoms. The molecule has 1 heterocycles. The van der Waals surface area contributed by atoms with E-state index in [1.807, 2.05) is 18.2 Å². The monoisotopic (exact) mass is 319 g/mol. The van der Waals surface area contributed by atoms with Gasteiger partial charge in [-0.25, -0.2) is 0 Å². The molecular formula is C12H15BrClNO2. The first kappa shape index (κ1) is 13.3. The standard InChI is InChI=1S/C12H15BrClNO2/c13-11-2-1-9(5-12(11)14)6-15-7-10-8-16-3-4-17-10/h1-2,5,10,15H,3-4,6-8H2. The highest BCUT2D eigenvalue weighted by atomic mass is 79.9. The number of hydrogen-bond donors (Lipinski definition) is 1. The summed E-state index contributed by atoms with van der Waals surface area (Å²) in [5, 5.41) is 4.08. The van der Waals surface area contributed by atoms with Gasteiger partial charge in [-0.2, -0.15) is 0 Å². The van der Waals surface area contributed by atoms with E-state index < -0.39 is 0 Å². The molecule has 2 rings (SSSR count). The van der Waals surface area contributed by atoms with Crippen LogP contribution < -0.4 is 5.32 Å². The van der Waals surface area contributed by atoms with Gasteiger partial charge in [-0.15, -0.1) is 0 Å². The largest absolute Gasteiger partial charge is 0.376 e. The Morgan fingerprint density at radius 1 is 1.41 bits per heavy atom. The van der Waals surface area contributed by atoms with E-state index in [2.05, 4.69) is 21.2 Å². The van der Waals surface area contributed by atoms with E-state index in [1.165, 1.54) is 0 Å². The maximum absolute atomic E-state index is 6.02. The van der Waals surface area contributed by atoms with Crippen LogP contribution in [0.25, 0.3) is 0 Å². The van der Waals surface area contributed by atoms with Crippen LogP contribution in [0.1, 0.15) is 5.56 Å². The third-order valence-corrected chi connectivity index (χ3v) is 3.80. The van der Waals surface area contributed by atoms with Crippen molar-refractivity contribution in [2.24, 2.45) is 0 Å². The van der Waals surface area contributed by atoms with Gasteiger partial charge in [-0.3, -0.25) is 0 Å². The molecule has 0 aliphatic carbocycles. The minimum Gasteiger partial charge on any atom is -0.376 e. The summed E-state index contributed by atoms with van der Waals surface area (Å²) in [6.45, 7) is 3.66. The number of ether oxygens (including phenoxy) is 2. The van der Waals surface area contributed by atoms with Crippen LogP contribution in [0.15, 0.2) is 22.7 Å². The van der Waals surface area contributed by atoms with Crippen LogP contribution in [-0.4, -0.2) is 32.5 Å². The maximum atomic E-state index is 6.02. The van der Waals surface area contributed by atoms with Gasteiger partial charge in [-0.05, 0) is 33.6 Å². The Hall–Kier alpha value is -0.130. The summed E-state index contributed by atoms with van der Waals surface area (Å²) in [4.78, 5) is 0. The molecule has 0 amide bonds. The molecule has 0 aromatic heterocycles. The van der Waals surface area contributed by atoms with Gasteiger partial charge in [0.25, 0.3) is 0 Å². The summed E-state index contributed by atoms with van der Waals surface area (Å²) in [7, 11) is 0. The average molecular weight is 321 g/mol. The summed E-state index contributed by atoms with van der Waals surface area (Å²) in [6.07, 6.45) is 0.162. The molecule has 0 radical (unpaired) electrons. The molecule has 1 unspecified atom stereocenters. The third-order valence-electron chi connectivity index (χ3n) is 2.57. The van der Waals surface area contributed by atoms with Gasteiger partial charge in [0.15, 0.2) is 0 Å². The Bertz CT molecular complexity index is 370. The van der Waals surface area contributed by atoms with E-state index in [0.29, 0.717) is 19.8 Å². The molecule has 1 saturated heterocycles. The predicted molar refractivity (Wildman–Crippen MR) is 71.4 cm³/mol. The lowest BCUT2D eigenvalue weighted by Gasteiger charge is -2.23. The molecule has 1 aromatic rings. The van der Waals surface area contributed by atoms with E-state index in [9.17, 15) is 0 Å². The van der Waals surface area contributed by atoms with Gasteiger partial charge >= 0.3 is 0 Å². The van der Waals surface area contributed by atoms with E-state index in [-0.39, 0.29) is 6.10 Å². The molecule has 1 fully saturated rings. The zero-order valence-electron chi connectivity index (χ0n) is 9.42. The molecule has 0 saturated carbocycles. The lowest BCUT2D eigenvalue weighted by Crippen LogP contribution is -2.37. The number of rotatable bonds is 4. The summed E-state index contributed by atoms with van der Waals surface area (Å²) >= 11 is 9.39. The van der Waals surface area contributed by atoms with E-state index in [1.54, 1.807) is 0 Å². The lowest BCUT2D eigenvalue weighted by molar-refractivity contribution is -0.0864. The third kappa shape index (κ3) is 4.23. The van der Waals surface area contributed by atoms with Crippen LogP contribution in [0.3, 0.4) is 0 Å². The van der Waals surface area contributed by atoms with Crippen LogP contribution in [0.4, 0.5) is 0 Å². The van der Waals surface area contributed by atoms with Crippen molar-refractivity contribution in [3.05, 3.63) is 33.3 Å². The van der Waals surface area contributed by atoms with Gasteiger partial charge in [0, 0.05) is 17.6 Å². The summed E-state index contributed by atoms with van der Waals surface area (Å²) in [6, 6.07) is 5.96. The Kier molecular flexibility index (Phi) is 5.25. The first-order valence-electron chi connectivity index (χ1n) is 5.59. The fraction of sp³-hybridized carbons (Fsp3) is 0.500. The van der Waals surface area contributed by atoms with Gasteiger partial charge in [0.05, 0.1) is 30.9 Å².